The summed E-state index contributed by atoms with van der Waals surface area (Å²) in [5.74, 6) is 2.12. The lowest BCUT2D eigenvalue weighted by atomic mass is 9.97. The Kier molecular flexibility index (Phi) is 6.69. The fourth-order valence-corrected chi connectivity index (χ4v) is 2.01. The number of benzene rings is 1. The zero-order valence-corrected chi connectivity index (χ0v) is 13.1. The van der Waals surface area contributed by atoms with Gasteiger partial charge in [-0.3, -0.25) is 0 Å². The van der Waals surface area contributed by atoms with Gasteiger partial charge in [0.05, 0.1) is 6.61 Å². The molecule has 0 aliphatic rings. The lowest BCUT2D eigenvalue weighted by molar-refractivity contribution is 0.267. The highest BCUT2D eigenvalue weighted by atomic mass is 16.5. The van der Waals surface area contributed by atoms with Gasteiger partial charge in [-0.25, -0.2) is 0 Å². The van der Waals surface area contributed by atoms with Crippen LogP contribution in [-0.4, -0.2) is 6.61 Å². The van der Waals surface area contributed by atoms with E-state index in [2.05, 4.69) is 65.0 Å². The summed E-state index contributed by atoms with van der Waals surface area (Å²) in [6.07, 6.45) is 6.55. The lowest BCUT2D eigenvalue weighted by Gasteiger charge is -2.16. The first kappa shape index (κ1) is 15.8. The van der Waals surface area contributed by atoms with E-state index in [0.717, 1.165) is 25.2 Å². The molecule has 19 heavy (non-hydrogen) atoms. The molecule has 0 radical (unpaired) electrons. The standard InChI is InChI=1S/C18H28O/c1-6-7-8-9-16-10-11-18(19-13-14(2)3)17(12-16)15(4)5/h6-7,10-12,14-15H,8-9,13H2,1-5H3/b7-6-. The third-order valence-electron chi connectivity index (χ3n) is 3.10. The zero-order valence-electron chi connectivity index (χ0n) is 13.1. The average molecular weight is 260 g/mol. The van der Waals surface area contributed by atoms with Crippen molar-refractivity contribution in [3.63, 3.8) is 0 Å². The van der Waals surface area contributed by atoms with Crippen molar-refractivity contribution in [1.82, 2.24) is 0 Å². The van der Waals surface area contributed by atoms with Crippen LogP contribution in [0.5, 0.6) is 5.75 Å². The molecule has 0 bridgehead atoms. The monoisotopic (exact) mass is 260 g/mol. The van der Waals surface area contributed by atoms with Crippen LogP contribution in [-0.2, 0) is 6.42 Å². The summed E-state index contributed by atoms with van der Waals surface area (Å²) in [5, 5.41) is 0. The summed E-state index contributed by atoms with van der Waals surface area (Å²) in [6, 6.07) is 6.65. The Hall–Kier alpha value is -1.24. The number of hydrogen-bond acceptors (Lipinski definition) is 1. The van der Waals surface area contributed by atoms with Crippen LogP contribution < -0.4 is 4.74 Å². The van der Waals surface area contributed by atoms with Gasteiger partial charge in [-0.2, -0.15) is 0 Å². The molecular weight excluding hydrogens is 232 g/mol. The molecule has 1 nitrogen and oxygen atoms in total. The van der Waals surface area contributed by atoms with Gasteiger partial charge in [0.25, 0.3) is 0 Å². The van der Waals surface area contributed by atoms with Crippen LogP contribution in [0.15, 0.2) is 30.4 Å². The number of hydrogen-bond donors (Lipinski definition) is 0. The van der Waals surface area contributed by atoms with E-state index in [0.29, 0.717) is 11.8 Å². The predicted octanol–water partition coefficient (Wildman–Crippen LogP) is 5.35. The summed E-state index contributed by atoms with van der Waals surface area (Å²) < 4.78 is 5.93. The highest BCUT2D eigenvalue weighted by Gasteiger charge is 2.09. The number of rotatable bonds is 7. The Morgan fingerprint density at radius 2 is 1.89 bits per heavy atom. The molecule has 0 aromatic heterocycles. The van der Waals surface area contributed by atoms with E-state index < -0.39 is 0 Å². The Labute approximate surface area is 118 Å². The normalized spacial score (nSPS) is 11.7. The summed E-state index contributed by atoms with van der Waals surface area (Å²) in [5.41, 5.74) is 2.73. The molecule has 1 aromatic carbocycles. The maximum atomic E-state index is 5.93. The SMILES string of the molecule is C/C=C\CCc1ccc(OCC(C)C)c(C(C)C)c1. The van der Waals surface area contributed by atoms with Crippen LogP contribution in [0.4, 0.5) is 0 Å². The van der Waals surface area contributed by atoms with Gasteiger partial charge in [-0.1, -0.05) is 52.0 Å². The molecule has 0 fully saturated rings. The van der Waals surface area contributed by atoms with Crippen LogP contribution in [0.2, 0.25) is 0 Å². The second-order valence-electron chi connectivity index (χ2n) is 5.84. The van der Waals surface area contributed by atoms with Crippen LogP contribution >= 0.6 is 0 Å². The maximum absolute atomic E-state index is 5.93. The quantitative estimate of drug-likeness (QED) is 0.600. The molecule has 0 saturated heterocycles. The topological polar surface area (TPSA) is 9.23 Å². The summed E-state index contributed by atoms with van der Waals surface area (Å²) in [7, 11) is 0. The molecule has 106 valence electrons. The van der Waals surface area contributed by atoms with Crippen LogP contribution in [0.3, 0.4) is 0 Å². The Morgan fingerprint density at radius 1 is 1.16 bits per heavy atom. The first-order valence-electron chi connectivity index (χ1n) is 7.41. The molecule has 0 heterocycles. The first-order chi connectivity index (χ1) is 9.04. The van der Waals surface area contributed by atoms with Gasteiger partial charge in [0.15, 0.2) is 0 Å². The van der Waals surface area contributed by atoms with Crippen molar-refractivity contribution in [3.05, 3.63) is 41.5 Å². The molecule has 0 saturated carbocycles. The minimum atomic E-state index is 0.504. The smallest absolute Gasteiger partial charge is 0.122 e. The number of aryl methyl sites for hydroxylation is 1. The Bertz CT molecular complexity index is 402. The lowest BCUT2D eigenvalue weighted by Crippen LogP contribution is -2.07. The van der Waals surface area contributed by atoms with Crippen molar-refractivity contribution < 1.29 is 4.74 Å². The van der Waals surface area contributed by atoms with Crippen LogP contribution in [0.1, 0.15) is 58.1 Å². The number of allylic oxidation sites excluding steroid dienone is 2. The van der Waals surface area contributed by atoms with Crippen LogP contribution in [0.25, 0.3) is 0 Å². The third-order valence-corrected chi connectivity index (χ3v) is 3.10. The maximum Gasteiger partial charge on any atom is 0.122 e. The van der Waals surface area contributed by atoms with E-state index in [4.69, 9.17) is 4.74 Å². The molecule has 1 heteroatoms. The largest absolute Gasteiger partial charge is 0.493 e. The molecule has 1 rings (SSSR count). The van der Waals surface area contributed by atoms with Gasteiger partial charge in [-0.05, 0) is 48.8 Å². The highest BCUT2D eigenvalue weighted by Crippen LogP contribution is 2.28. The van der Waals surface area contributed by atoms with Crippen molar-refractivity contribution >= 4 is 0 Å². The molecular formula is C18H28O. The molecule has 0 N–H and O–H groups in total. The van der Waals surface area contributed by atoms with Gasteiger partial charge in [-0.15, -0.1) is 0 Å². The van der Waals surface area contributed by atoms with Gasteiger partial charge in [0.2, 0.25) is 0 Å². The summed E-state index contributed by atoms with van der Waals surface area (Å²) in [6.45, 7) is 11.7. The average Bonchev–Trinajstić information content (AvgIpc) is 2.37. The molecule has 1 aromatic rings. The molecule has 0 amide bonds. The minimum Gasteiger partial charge on any atom is -0.493 e. The zero-order chi connectivity index (χ0) is 14.3. The molecule has 0 aliphatic heterocycles. The van der Waals surface area contributed by atoms with Gasteiger partial charge in [0.1, 0.15) is 5.75 Å². The first-order valence-corrected chi connectivity index (χ1v) is 7.41. The Balaban J connectivity index is 2.81. The third kappa shape index (κ3) is 5.50. The van der Waals surface area contributed by atoms with E-state index in [1.807, 2.05) is 0 Å². The fraction of sp³-hybridized carbons (Fsp3) is 0.556. The molecule has 0 atom stereocenters. The van der Waals surface area contributed by atoms with Crippen molar-refractivity contribution in [1.29, 1.82) is 0 Å². The van der Waals surface area contributed by atoms with E-state index in [1.165, 1.54) is 11.1 Å². The van der Waals surface area contributed by atoms with E-state index in [-0.39, 0.29) is 0 Å². The predicted molar refractivity (Wildman–Crippen MR) is 84.0 cm³/mol. The van der Waals surface area contributed by atoms with Crippen molar-refractivity contribution in [2.45, 2.75) is 53.4 Å². The summed E-state index contributed by atoms with van der Waals surface area (Å²) in [4.78, 5) is 0. The minimum absolute atomic E-state index is 0.504. The van der Waals surface area contributed by atoms with Gasteiger partial charge < -0.3 is 4.74 Å². The van der Waals surface area contributed by atoms with Crippen molar-refractivity contribution in [2.75, 3.05) is 6.61 Å². The fourth-order valence-electron chi connectivity index (χ4n) is 2.01. The number of ether oxygens (including phenoxy) is 1. The summed E-state index contributed by atoms with van der Waals surface area (Å²) >= 11 is 0. The Morgan fingerprint density at radius 3 is 2.47 bits per heavy atom. The molecule has 0 spiro atoms. The van der Waals surface area contributed by atoms with E-state index >= 15 is 0 Å². The van der Waals surface area contributed by atoms with Gasteiger partial charge in [0, 0.05) is 0 Å². The highest BCUT2D eigenvalue weighted by molar-refractivity contribution is 5.39. The van der Waals surface area contributed by atoms with E-state index in [1.54, 1.807) is 0 Å². The van der Waals surface area contributed by atoms with Crippen molar-refractivity contribution in [2.24, 2.45) is 5.92 Å². The second kappa shape index (κ2) is 8.04. The van der Waals surface area contributed by atoms with Gasteiger partial charge >= 0.3 is 0 Å². The van der Waals surface area contributed by atoms with E-state index in [9.17, 15) is 0 Å². The molecule has 0 unspecified atom stereocenters. The molecule has 0 aliphatic carbocycles. The van der Waals surface area contributed by atoms with Crippen LogP contribution in [0, 0.1) is 5.92 Å². The second-order valence-corrected chi connectivity index (χ2v) is 5.84. The van der Waals surface area contributed by atoms with Crippen molar-refractivity contribution in [3.8, 4) is 5.75 Å².